The third-order valence-electron chi connectivity index (χ3n) is 5.34. The second kappa shape index (κ2) is 7.27. The summed E-state index contributed by atoms with van der Waals surface area (Å²) in [5.74, 6) is 0.737. The fraction of sp³-hybridized carbons (Fsp3) is 0.706. The topological polar surface area (TPSA) is 83.5 Å². The maximum Gasteiger partial charge on any atom is 0.272 e. The van der Waals surface area contributed by atoms with E-state index in [1.54, 1.807) is 13.1 Å². The van der Waals surface area contributed by atoms with E-state index in [2.05, 4.69) is 21.8 Å². The quantitative estimate of drug-likeness (QED) is 0.803. The number of sulfone groups is 1. The molecule has 7 nitrogen and oxygen atoms in total. The van der Waals surface area contributed by atoms with E-state index in [0.717, 1.165) is 31.6 Å². The van der Waals surface area contributed by atoms with Gasteiger partial charge in [0, 0.05) is 31.7 Å². The Morgan fingerprint density at radius 2 is 2.12 bits per heavy atom. The molecule has 0 radical (unpaired) electrons. The van der Waals surface area contributed by atoms with Gasteiger partial charge < -0.3 is 9.80 Å². The van der Waals surface area contributed by atoms with Crippen molar-refractivity contribution in [1.29, 1.82) is 0 Å². The van der Waals surface area contributed by atoms with E-state index in [0.29, 0.717) is 18.2 Å². The minimum Gasteiger partial charge on any atom is -0.354 e. The van der Waals surface area contributed by atoms with Crippen molar-refractivity contribution < 1.29 is 13.2 Å². The zero-order valence-electron chi connectivity index (χ0n) is 14.9. The van der Waals surface area contributed by atoms with Crippen LogP contribution in [0.1, 0.15) is 49.5 Å². The van der Waals surface area contributed by atoms with E-state index < -0.39 is 9.84 Å². The summed E-state index contributed by atoms with van der Waals surface area (Å²) >= 11 is 0. The van der Waals surface area contributed by atoms with Gasteiger partial charge in [-0.3, -0.25) is 4.79 Å². The molecule has 0 spiro atoms. The summed E-state index contributed by atoms with van der Waals surface area (Å²) in [5.41, 5.74) is 0.331. The van der Waals surface area contributed by atoms with Crippen molar-refractivity contribution >= 4 is 21.6 Å². The van der Waals surface area contributed by atoms with Gasteiger partial charge in [-0.05, 0) is 32.1 Å². The summed E-state index contributed by atoms with van der Waals surface area (Å²) in [6, 6.07) is 1.93. The van der Waals surface area contributed by atoms with Crippen LogP contribution < -0.4 is 4.90 Å². The van der Waals surface area contributed by atoms with Crippen LogP contribution in [0, 0.1) is 0 Å². The molecule has 2 aliphatic heterocycles. The fourth-order valence-corrected chi connectivity index (χ4v) is 5.55. The van der Waals surface area contributed by atoms with Crippen LogP contribution in [-0.2, 0) is 9.84 Å². The number of aromatic nitrogens is 2. The third-order valence-corrected chi connectivity index (χ3v) is 7.09. The lowest BCUT2D eigenvalue weighted by atomic mass is 10.00. The van der Waals surface area contributed by atoms with Gasteiger partial charge in [0.25, 0.3) is 5.91 Å². The normalized spacial score (nSPS) is 25.8. The number of rotatable bonds is 4. The maximum absolute atomic E-state index is 12.8. The zero-order valence-corrected chi connectivity index (χ0v) is 15.7. The van der Waals surface area contributed by atoms with Gasteiger partial charge in [-0.25, -0.2) is 18.4 Å². The van der Waals surface area contributed by atoms with Crippen molar-refractivity contribution in [3.8, 4) is 0 Å². The van der Waals surface area contributed by atoms with Crippen molar-refractivity contribution in [3.05, 3.63) is 18.1 Å². The van der Waals surface area contributed by atoms with E-state index >= 15 is 0 Å². The van der Waals surface area contributed by atoms with Gasteiger partial charge in [-0.1, -0.05) is 6.92 Å². The molecule has 0 bridgehead atoms. The van der Waals surface area contributed by atoms with Crippen molar-refractivity contribution in [3.63, 3.8) is 0 Å². The van der Waals surface area contributed by atoms with E-state index in [-0.39, 0.29) is 23.5 Å². The van der Waals surface area contributed by atoms with Gasteiger partial charge in [0.05, 0.1) is 11.5 Å². The van der Waals surface area contributed by atoms with Crippen LogP contribution in [0.25, 0.3) is 0 Å². The first-order chi connectivity index (χ1) is 11.9. The number of piperidine rings is 1. The molecule has 25 heavy (non-hydrogen) atoms. The molecule has 0 saturated carbocycles. The Balaban J connectivity index is 1.77. The van der Waals surface area contributed by atoms with Gasteiger partial charge in [-0.2, -0.15) is 0 Å². The minimum atomic E-state index is -3.03. The van der Waals surface area contributed by atoms with E-state index in [1.807, 2.05) is 0 Å². The lowest BCUT2D eigenvalue weighted by Gasteiger charge is -2.36. The molecule has 138 valence electrons. The second-order valence-corrected chi connectivity index (χ2v) is 9.21. The number of amides is 1. The van der Waals surface area contributed by atoms with Crippen LogP contribution in [0.4, 0.5) is 5.82 Å². The molecule has 2 unspecified atom stereocenters. The average molecular weight is 366 g/mol. The highest BCUT2D eigenvalue weighted by molar-refractivity contribution is 7.91. The molecular formula is C17H26N4O3S. The van der Waals surface area contributed by atoms with Gasteiger partial charge in [0.2, 0.25) is 0 Å². The molecule has 3 heterocycles. The highest BCUT2D eigenvalue weighted by atomic mass is 32.2. The largest absolute Gasteiger partial charge is 0.354 e. The standard InChI is InChI=1S/C17H26N4O3S/c1-3-13-6-4-5-8-21(13)16-10-15(18-12-19-16)17(22)20(2)14-7-9-25(23,24)11-14/h10,12-14H,3-9,11H2,1-2H3. The molecule has 1 amide bonds. The summed E-state index contributed by atoms with van der Waals surface area (Å²) in [4.78, 5) is 25.0. The predicted molar refractivity (Wildman–Crippen MR) is 96.5 cm³/mol. The smallest absolute Gasteiger partial charge is 0.272 e. The summed E-state index contributed by atoms with van der Waals surface area (Å²) in [7, 11) is -1.37. The molecule has 1 aromatic rings. The first-order valence-electron chi connectivity index (χ1n) is 8.97. The van der Waals surface area contributed by atoms with Crippen molar-refractivity contribution in [2.75, 3.05) is 30.0 Å². The van der Waals surface area contributed by atoms with Gasteiger partial charge >= 0.3 is 0 Å². The molecule has 0 N–H and O–H groups in total. The summed E-state index contributed by atoms with van der Waals surface area (Å²) < 4.78 is 23.3. The molecule has 2 atom stereocenters. The predicted octanol–water partition coefficient (Wildman–Crippen LogP) is 1.50. The zero-order chi connectivity index (χ0) is 18.0. The SMILES string of the molecule is CCC1CCCCN1c1cc(C(=O)N(C)C2CCS(=O)(=O)C2)ncn1. The summed E-state index contributed by atoms with van der Waals surface area (Å²) in [5, 5.41) is 0. The number of anilines is 1. The van der Waals surface area contributed by atoms with Crippen LogP contribution >= 0.6 is 0 Å². The number of carbonyl (C=O) groups excluding carboxylic acids is 1. The number of carbonyl (C=O) groups is 1. The second-order valence-electron chi connectivity index (χ2n) is 6.99. The van der Waals surface area contributed by atoms with Crippen LogP contribution in [0.3, 0.4) is 0 Å². The Morgan fingerprint density at radius 1 is 1.32 bits per heavy atom. The highest BCUT2D eigenvalue weighted by Crippen LogP contribution is 2.25. The van der Waals surface area contributed by atoms with Crippen LogP contribution in [0.2, 0.25) is 0 Å². The number of hydrogen-bond donors (Lipinski definition) is 0. The van der Waals surface area contributed by atoms with E-state index in [9.17, 15) is 13.2 Å². The minimum absolute atomic E-state index is 0.0389. The van der Waals surface area contributed by atoms with Gasteiger partial charge in [-0.15, -0.1) is 0 Å². The summed E-state index contributed by atoms with van der Waals surface area (Å²) in [6.07, 6.45) is 6.47. The molecule has 0 aromatic carbocycles. The third kappa shape index (κ3) is 3.94. The van der Waals surface area contributed by atoms with Crippen LogP contribution in [-0.4, -0.2) is 66.4 Å². The number of hydrogen-bond acceptors (Lipinski definition) is 6. The van der Waals surface area contributed by atoms with Crippen molar-refractivity contribution in [1.82, 2.24) is 14.9 Å². The molecule has 2 aliphatic rings. The Labute approximate surface area is 149 Å². The monoisotopic (exact) mass is 366 g/mol. The lowest BCUT2D eigenvalue weighted by molar-refractivity contribution is 0.0741. The lowest BCUT2D eigenvalue weighted by Crippen LogP contribution is -2.40. The Morgan fingerprint density at radius 3 is 2.80 bits per heavy atom. The molecule has 2 fully saturated rings. The molecule has 1 aromatic heterocycles. The van der Waals surface area contributed by atoms with Crippen LogP contribution in [0.5, 0.6) is 0 Å². The average Bonchev–Trinajstić information content (AvgIpc) is 3.00. The molecule has 2 saturated heterocycles. The highest BCUT2D eigenvalue weighted by Gasteiger charge is 2.33. The first-order valence-corrected chi connectivity index (χ1v) is 10.8. The first kappa shape index (κ1) is 18.1. The molecule has 3 rings (SSSR count). The van der Waals surface area contributed by atoms with Gasteiger partial charge in [0.1, 0.15) is 17.8 Å². The van der Waals surface area contributed by atoms with Crippen molar-refractivity contribution in [2.45, 2.75) is 51.1 Å². The van der Waals surface area contributed by atoms with E-state index in [1.165, 1.54) is 17.6 Å². The molecule has 0 aliphatic carbocycles. The van der Waals surface area contributed by atoms with Crippen molar-refractivity contribution in [2.24, 2.45) is 0 Å². The Hall–Kier alpha value is -1.70. The molecular weight excluding hydrogens is 340 g/mol. The van der Waals surface area contributed by atoms with Crippen LogP contribution in [0.15, 0.2) is 12.4 Å². The maximum atomic E-state index is 12.8. The van der Waals surface area contributed by atoms with Gasteiger partial charge in [0.15, 0.2) is 9.84 Å². The van der Waals surface area contributed by atoms with E-state index in [4.69, 9.17) is 0 Å². The fourth-order valence-electron chi connectivity index (χ4n) is 3.78. The summed E-state index contributed by atoms with van der Waals surface area (Å²) in [6.45, 7) is 3.12. The Bertz CT molecular complexity index is 737. The Kier molecular flexibility index (Phi) is 5.27. The molecule has 8 heteroatoms. The number of nitrogens with zero attached hydrogens (tertiary/aromatic N) is 4.